The molecule has 0 aliphatic carbocycles. The Labute approximate surface area is 168 Å². The van der Waals surface area contributed by atoms with Gasteiger partial charge in [-0.25, -0.2) is 5.43 Å². The van der Waals surface area contributed by atoms with Crippen LogP contribution in [-0.2, 0) is 4.79 Å². The summed E-state index contributed by atoms with van der Waals surface area (Å²) in [6.07, 6.45) is 0. The fourth-order valence-electron chi connectivity index (χ4n) is 2.04. The highest BCUT2D eigenvalue weighted by Crippen LogP contribution is 2.38. The van der Waals surface area contributed by atoms with Crippen molar-refractivity contribution in [2.75, 3.05) is 20.8 Å². The number of methoxy groups -OCH3 is 2. The van der Waals surface area contributed by atoms with E-state index < -0.39 is 0 Å². The Morgan fingerprint density at radius 3 is 2.42 bits per heavy atom. The molecular weight excluding hydrogens is 468 g/mol. The molecule has 2 aromatic rings. The highest BCUT2D eigenvalue weighted by molar-refractivity contribution is 9.11. The van der Waals surface area contributed by atoms with Crippen LogP contribution in [0.3, 0.4) is 0 Å². The van der Waals surface area contributed by atoms with E-state index in [2.05, 4.69) is 42.4 Å². The summed E-state index contributed by atoms with van der Waals surface area (Å²) >= 11 is 6.76. The van der Waals surface area contributed by atoms with Crippen molar-refractivity contribution in [1.29, 1.82) is 0 Å². The first-order valence-corrected chi connectivity index (χ1v) is 9.16. The number of rotatable bonds is 7. The molecule has 8 heteroatoms. The van der Waals surface area contributed by atoms with Crippen molar-refractivity contribution in [2.24, 2.45) is 5.10 Å². The molecule has 0 aliphatic rings. The molecule has 0 bridgehead atoms. The maximum atomic E-state index is 12.0. The summed E-state index contributed by atoms with van der Waals surface area (Å²) in [5.41, 5.74) is 4.02. The summed E-state index contributed by atoms with van der Waals surface area (Å²) in [7, 11) is 3.14. The van der Waals surface area contributed by atoms with Crippen molar-refractivity contribution in [2.45, 2.75) is 6.92 Å². The number of hydrogen-bond acceptors (Lipinski definition) is 5. The number of benzene rings is 2. The minimum absolute atomic E-state index is 0.198. The molecule has 0 unspecified atom stereocenters. The molecule has 2 aromatic carbocycles. The zero-order chi connectivity index (χ0) is 19.1. The number of amides is 1. The second kappa shape index (κ2) is 9.59. The molecule has 0 aromatic heterocycles. The number of nitrogens with one attached hydrogen (secondary N) is 1. The Bertz CT molecular complexity index is 808. The summed E-state index contributed by atoms with van der Waals surface area (Å²) in [6.45, 7) is 1.60. The smallest absolute Gasteiger partial charge is 0.277 e. The lowest BCUT2D eigenvalue weighted by atomic mass is 10.1. The van der Waals surface area contributed by atoms with Crippen LogP contribution >= 0.6 is 31.9 Å². The second-order valence-corrected chi connectivity index (χ2v) is 6.94. The molecule has 0 saturated heterocycles. The van der Waals surface area contributed by atoms with Gasteiger partial charge in [-0.05, 0) is 64.8 Å². The first-order valence-electron chi connectivity index (χ1n) is 7.58. The number of hydrogen-bond donors (Lipinski definition) is 1. The van der Waals surface area contributed by atoms with Crippen LogP contribution in [0.5, 0.6) is 17.2 Å². The van der Waals surface area contributed by atoms with Crippen molar-refractivity contribution in [3.8, 4) is 17.2 Å². The zero-order valence-corrected chi connectivity index (χ0v) is 17.7. The number of nitrogens with zero attached hydrogens (tertiary/aromatic N) is 1. The Balaban J connectivity index is 1.96. The van der Waals surface area contributed by atoms with Crippen LogP contribution in [0.2, 0.25) is 0 Å². The highest BCUT2D eigenvalue weighted by atomic mass is 79.9. The fraction of sp³-hybridized carbons (Fsp3) is 0.222. The lowest BCUT2D eigenvalue weighted by Crippen LogP contribution is -2.25. The topological polar surface area (TPSA) is 69.2 Å². The van der Waals surface area contributed by atoms with Crippen LogP contribution in [-0.4, -0.2) is 32.4 Å². The minimum Gasteiger partial charge on any atom is -0.497 e. The molecule has 0 fully saturated rings. The molecule has 0 heterocycles. The highest BCUT2D eigenvalue weighted by Gasteiger charge is 2.13. The van der Waals surface area contributed by atoms with E-state index in [-0.39, 0.29) is 12.5 Å². The third-order valence-electron chi connectivity index (χ3n) is 3.40. The standard InChI is InChI=1S/C18H18Br2N2O4/c1-11(12-4-6-14(24-2)7-5-12)21-22-17(23)10-26-18-15(20)8-13(19)9-16(18)25-3/h4-9H,10H2,1-3H3,(H,22,23)/b21-11+. The normalized spacial score (nSPS) is 11.0. The van der Waals surface area contributed by atoms with Gasteiger partial charge in [0, 0.05) is 4.47 Å². The van der Waals surface area contributed by atoms with Crippen LogP contribution in [0.15, 0.2) is 50.4 Å². The summed E-state index contributed by atoms with van der Waals surface area (Å²) in [6, 6.07) is 11.0. The van der Waals surface area contributed by atoms with Gasteiger partial charge in [0.15, 0.2) is 18.1 Å². The van der Waals surface area contributed by atoms with E-state index in [1.165, 1.54) is 7.11 Å². The van der Waals surface area contributed by atoms with Gasteiger partial charge in [0.25, 0.3) is 5.91 Å². The van der Waals surface area contributed by atoms with E-state index >= 15 is 0 Å². The molecule has 26 heavy (non-hydrogen) atoms. The lowest BCUT2D eigenvalue weighted by molar-refractivity contribution is -0.123. The summed E-state index contributed by atoms with van der Waals surface area (Å²) in [5.74, 6) is 1.33. The molecule has 1 amide bonds. The average molecular weight is 486 g/mol. The zero-order valence-electron chi connectivity index (χ0n) is 14.5. The Morgan fingerprint density at radius 2 is 1.81 bits per heavy atom. The maximum Gasteiger partial charge on any atom is 0.277 e. The van der Waals surface area contributed by atoms with E-state index in [9.17, 15) is 4.79 Å². The first kappa shape index (κ1) is 20.3. The number of carbonyl (C=O) groups excluding carboxylic acids is 1. The molecular formula is C18H18Br2N2O4. The van der Waals surface area contributed by atoms with Gasteiger partial charge < -0.3 is 14.2 Å². The molecule has 1 N–H and O–H groups in total. The minimum atomic E-state index is -0.380. The molecule has 6 nitrogen and oxygen atoms in total. The fourth-order valence-corrected chi connectivity index (χ4v) is 3.34. The van der Waals surface area contributed by atoms with Crippen LogP contribution in [0.25, 0.3) is 0 Å². The van der Waals surface area contributed by atoms with E-state index in [0.29, 0.717) is 21.7 Å². The predicted molar refractivity (Wildman–Crippen MR) is 107 cm³/mol. The average Bonchev–Trinajstić information content (AvgIpc) is 2.64. The Kier molecular flexibility index (Phi) is 7.47. The molecule has 0 aliphatic heterocycles. The lowest BCUT2D eigenvalue weighted by Gasteiger charge is -2.12. The molecule has 2 rings (SSSR count). The van der Waals surface area contributed by atoms with Crippen LogP contribution in [0.4, 0.5) is 0 Å². The first-order chi connectivity index (χ1) is 12.4. The van der Waals surface area contributed by atoms with Gasteiger partial charge in [-0.3, -0.25) is 4.79 Å². The predicted octanol–water partition coefficient (Wildman–Crippen LogP) is 4.15. The molecule has 138 valence electrons. The van der Waals surface area contributed by atoms with Gasteiger partial charge in [0.1, 0.15) is 5.75 Å². The van der Waals surface area contributed by atoms with Gasteiger partial charge in [0.2, 0.25) is 0 Å². The third kappa shape index (κ3) is 5.47. The van der Waals surface area contributed by atoms with E-state index in [1.54, 1.807) is 20.1 Å². The Hall–Kier alpha value is -2.06. The summed E-state index contributed by atoms with van der Waals surface area (Å²) in [4.78, 5) is 12.0. The third-order valence-corrected chi connectivity index (χ3v) is 4.44. The largest absolute Gasteiger partial charge is 0.497 e. The van der Waals surface area contributed by atoms with Crippen molar-refractivity contribution in [3.63, 3.8) is 0 Å². The second-order valence-electron chi connectivity index (χ2n) is 5.17. The van der Waals surface area contributed by atoms with Crippen LogP contribution in [0.1, 0.15) is 12.5 Å². The SMILES string of the molecule is COc1ccc(/C(C)=N/NC(=O)COc2c(Br)cc(Br)cc2OC)cc1. The molecule has 0 saturated carbocycles. The molecule has 0 radical (unpaired) electrons. The Morgan fingerprint density at radius 1 is 1.12 bits per heavy atom. The van der Waals surface area contributed by atoms with E-state index in [4.69, 9.17) is 14.2 Å². The van der Waals surface area contributed by atoms with Crippen molar-refractivity contribution >= 4 is 43.5 Å². The van der Waals surface area contributed by atoms with Gasteiger partial charge >= 0.3 is 0 Å². The van der Waals surface area contributed by atoms with E-state index in [0.717, 1.165) is 15.8 Å². The number of hydrazone groups is 1. The summed E-state index contributed by atoms with van der Waals surface area (Å²) < 4.78 is 17.4. The quantitative estimate of drug-likeness (QED) is 0.472. The van der Waals surface area contributed by atoms with Gasteiger partial charge in [-0.1, -0.05) is 15.9 Å². The molecule has 0 atom stereocenters. The van der Waals surface area contributed by atoms with Crippen molar-refractivity contribution in [1.82, 2.24) is 5.43 Å². The van der Waals surface area contributed by atoms with Crippen molar-refractivity contribution in [3.05, 3.63) is 50.9 Å². The number of carbonyl (C=O) groups is 1. The van der Waals surface area contributed by atoms with Gasteiger partial charge in [-0.2, -0.15) is 5.10 Å². The van der Waals surface area contributed by atoms with Crippen LogP contribution in [0, 0.1) is 0 Å². The van der Waals surface area contributed by atoms with Crippen LogP contribution < -0.4 is 19.6 Å². The van der Waals surface area contributed by atoms with Gasteiger partial charge in [0.05, 0.1) is 24.4 Å². The summed E-state index contributed by atoms with van der Waals surface area (Å²) in [5, 5.41) is 4.09. The van der Waals surface area contributed by atoms with Crippen molar-refractivity contribution < 1.29 is 19.0 Å². The van der Waals surface area contributed by atoms with E-state index in [1.807, 2.05) is 30.3 Å². The maximum absolute atomic E-state index is 12.0. The number of ether oxygens (including phenoxy) is 3. The van der Waals surface area contributed by atoms with Gasteiger partial charge in [-0.15, -0.1) is 0 Å². The molecule has 0 spiro atoms. The number of halogens is 2. The monoisotopic (exact) mass is 484 g/mol.